The number of ether oxygens (including phenoxy) is 2. The van der Waals surface area contributed by atoms with Gasteiger partial charge in [-0.3, -0.25) is 0 Å². The fourth-order valence-electron chi connectivity index (χ4n) is 3.11. The van der Waals surface area contributed by atoms with Crippen LogP contribution in [-0.4, -0.2) is 45.7 Å². The minimum atomic E-state index is -0.653. The van der Waals surface area contributed by atoms with Gasteiger partial charge in [0.05, 0.1) is 12.2 Å². The second-order valence-corrected chi connectivity index (χ2v) is 8.00. The van der Waals surface area contributed by atoms with Gasteiger partial charge in [0.25, 0.3) is 0 Å². The number of thioether (sulfide) groups is 2. The zero-order valence-electron chi connectivity index (χ0n) is 10.2. The summed E-state index contributed by atoms with van der Waals surface area (Å²) in [6.45, 7) is 0.377. The van der Waals surface area contributed by atoms with Crippen molar-refractivity contribution < 1.29 is 19.4 Å². The Labute approximate surface area is 115 Å². The third-order valence-corrected chi connectivity index (χ3v) is 7.62. The SMILES string of the molecule is O=C(O)C1(C2CCC3OCOC3C2)SCCCS1. The fourth-order valence-corrected chi connectivity index (χ4v) is 6.46. The fraction of sp³-hybridized carbons (Fsp3) is 0.917. The summed E-state index contributed by atoms with van der Waals surface area (Å²) in [4.78, 5) is 11.8. The molecule has 0 aromatic carbocycles. The van der Waals surface area contributed by atoms with Gasteiger partial charge in [0.1, 0.15) is 6.79 Å². The van der Waals surface area contributed by atoms with Crippen LogP contribution >= 0.6 is 23.5 Å². The maximum atomic E-state index is 11.8. The first kappa shape index (κ1) is 13.1. The lowest BCUT2D eigenvalue weighted by molar-refractivity contribution is -0.139. The van der Waals surface area contributed by atoms with Crippen molar-refractivity contribution in [1.82, 2.24) is 0 Å². The Morgan fingerprint density at radius 2 is 1.89 bits per heavy atom. The lowest BCUT2D eigenvalue weighted by Gasteiger charge is -2.42. The number of carboxylic acids is 1. The van der Waals surface area contributed by atoms with Crippen LogP contribution in [0.1, 0.15) is 25.7 Å². The van der Waals surface area contributed by atoms with Crippen molar-refractivity contribution in [2.45, 2.75) is 42.0 Å². The second kappa shape index (κ2) is 5.23. The van der Waals surface area contributed by atoms with Gasteiger partial charge in [-0.25, -0.2) is 4.79 Å². The maximum absolute atomic E-state index is 11.8. The molecule has 0 amide bonds. The van der Waals surface area contributed by atoms with Crippen LogP contribution in [0.4, 0.5) is 0 Å². The smallest absolute Gasteiger partial charge is 0.330 e. The Bertz CT molecular complexity index is 330. The average Bonchev–Trinajstić information content (AvgIpc) is 2.86. The van der Waals surface area contributed by atoms with Crippen LogP contribution < -0.4 is 0 Å². The molecule has 3 unspecified atom stereocenters. The molecule has 1 saturated carbocycles. The maximum Gasteiger partial charge on any atom is 0.330 e. The Hall–Kier alpha value is 0.0900. The van der Waals surface area contributed by atoms with E-state index in [1.807, 2.05) is 0 Å². The van der Waals surface area contributed by atoms with E-state index < -0.39 is 10.0 Å². The molecule has 3 rings (SSSR count). The highest BCUT2D eigenvalue weighted by atomic mass is 32.2. The van der Waals surface area contributed by atoms with Crippen LogP contribution in [0.2, 0.25) is 0 Å². The molecule has 1 N–H and O–H groups in total. The van der Waals surface area contributed by atoms with E-state index in [9.17, 15) is 9.90 Å². The van der Waals surface area contributed by atoms with Crippen LogP contribution in [0.25, 0.3) is 0 Å². The van der Waals surface area contributed by atoms with Gasteiger partial charge in [-0.15, -0.1) is 23.5 Å². The van der Waals surface area contributed by atoms with E-state index in [0.717, 1.165) is 37.2 Å². The molecule has 3 fully saturated rings. The van der Waals surface area contributed by atoms with E-state index in [4.69, 9.17) is 9.47 Å². The highest BCUT2D eigenvalue weighted by molar-refractivity contribution is 8.19. The van der Waals surface area contributed by atoms with Gasteiger partial charge < -0.3 is 14.6 Å². The molecule has 0 spiro atoms. The first-order valence-corrected chi connectivity index (χ1v) is 8.44. The molecule has 0 radical (unpaired) electrons. The first-order chi connectivity index (χ1) is 8.72. The summed E-state index contributed by atoms with van der Waals surface area (Å²) < 4.78 is 10.4. The highest BCUT2D eigenvalue weighted by Crippen LogP contribution is 2.53. The largest absolute Gasteiger partial charge is 0.480 e. The van der Waals surface area contributed by atoms with E-state index >= 15 is 0 Å². The van der Waals surface area contributed by atoms with Crippen molar-refractivity contribution in [2.24, 2.45) is 5.92 Å². The summed E-state index contributed by atoms with van der Waals surface area (Å²) in [5.41, 5.74) is 0. The molecule has 102 valence electrons. The van der Waals surface area contributed by atoms with E-state index in [2.05, 4.69) is 0 Å². The van der Waals surface area contributed by atoms with Crippen LogP contribution in [0.5, 0.6) is 0 Å². The van der Waals surface area contributed by atoms with Gasteiger partial charge in [-0.05, 0) is 43.1 Å². The molecule has 2 heterocycles. The molecule has 0 aromatic rings. The van der Waals surface area contributed by atoms with E-state index in [0.29, 0.717) is 6.79 Å². The Morgan fingerprint density at radius 1 is 1.17 bits per heavy atom. The summed E-state index contributed by atoms with van der Waals surface area (Å²) in [5.74, 6) is 1.47. The van der Waals surface area contributed by atoms with Crippen LogP contribution in [0.3, 0.4) is 0 Å². The zero-order valence-corrected chi connectivity index (χ0v) is 11.8. The summed E-state index contributed by atoms with van der Waals surface area (Å²) in [6, 6.07) is 0. The Kier molecular flexibility index (Phi) is 3.80. The third kappa shape index (κ3) is 2.17. The van der Waals surface area contributed by atoms with Gasteiger partial charge in [0, 0.05) is 0 Å². The summed E-state index contributed by atoms with van der Waals surface area (Å²) in [5, 5.41) is 9.67. The molecular weight excluding hydrogens is 272 g/mol. The van der Waals surface area contributed by atoms with E-state index in [1.165, 1.54) is 0 Å². The van der Waals surface area contributed by atoms with Crippen molar-refractivity contribution in [1.29, 1.82) is 0 Å². The number of fused-ring (bicyclic) bond motifs is 1. The number of hydrogen-bond donors (Lipinski definition) is 1. The molecular formula is C12H18O4S2. The predicted octanol–water partition coefficient (Wildman–Crippen LogP) is 2.18. The average molecular weight is 290 g/mol. The summed E-state index contributed by atoms with van der Waals surface area (Å²) in [6.07, 6.45) is 4.14. The molecule has 1 aliphatic carbocycles. The van der Waals surface area contributed by atoms with Gasteiger partial charge in [0.15, 0.2) is 4.08 Å². The number of aliphatic carboxylic acids is 1. The van der Waals surface area contributed by atoms with Crippen molar-refractivity contribution in [3.05, 3.63) is 0 Å². The molecule has 0 bridgehead atoms. The molecule has 2 saturated heterocycles. The van der Waals surface area contributed by atoms with Gasteiger partial charge in [0.2, 0.25) is 0 Å². The first-order valence-electron chi connectivity index (χ1n) is 6.47. The monoisotopic (exact) mass is 290 g/mol. The number of rotatable bonds is 2. The molecule has 4 nitrogen and oxygen atoms in total. The van der Waals surface area contributed by atoms with Gasteiger partial charge in [-0.2, -0.15) is 0 Å². The Morgan fingerprint density at radius 3 is 2.61 bits per heavy atom. The number of carbonyl (C=O) groups is 1. The minimum Gasteiger partial charge on any atom is -0.480 e. The molecule has 3 atom stereocenters. The van der Waals surface area contributed by atoms with Crippen LogP contribution in [0, 0.1) is 5.92 Å². The van der Waals surface area contributed by atoms with Crippen molar-refractivity contribution in [3.63, 3.8) is 0 Å². The standard InChI is InChI=1S/C12H18O4S2/c13-11(14)12(17-4-1-5-18-12)8-2-3-9-10(6-8)16-7-15-9/h8-10H,1-7H2,(H,13,14). The summed E-state index contributed by atoms with van der Waals surface area (Å²) in [7, 11) is 0. The van der Waals surface area contributed by atoms with E-state index in [-0.39, 0.29) is 18.1 Å². The molecule has 0 aromatic heterocycles. The molecule has 3 aliphatic rings. The van der Waals surface area contributed by atoms with Crippen LogP contribution in [0.15, 0.2) is 0 Å². The second-order valence-electron chi connectivity index (χ2n) is 5.06. The lowest BCUT2D eigenvalue weighted by atomic mass is 9.83. The van der Waals surface area contributed by atoms with Crippen molar-refractivity contribution in [3.8, 4) is 0 Å². The third-order valence-electron chi connectivity index (χ3n) is 4.05. The lowest BCUT2D eigenvalue weighted by Crippen LogP contribution is -2.47. The van der Waals surface area contributed by atoms with Crippen LogP contribution in [-0.2, 0) is 14.3 Å². The Balaban J connectivity index is 1.76. The number of carboxylic acid groups (broad SMARTS) is 1. The predicted molar refractivity (Wildman–Crippen MR) is 71.9 cm³/mol. The molecule has 2 aliphatic heterocycles. The van der Waals surface area contributed by atoms with E-state index in [1.54, 1.807) is 23.5 Å². The number of hydrogen-bond acceptors (Lipinski definition) is 5. The topological polar surface area (TPSA) is 55.8 Å². The van der Waals surface area contributed by atoms with Crippen molar-refractivity contribution >= 4 is 29.5 Å². The van der Waals surface area contributed by atoms with Gasteiger partial charge >= 0.3 is 5.97 Å². The highest BCUT2D eigenvalue weighted by Gasteiger charge is 2.52. The summed E-state index contributed by atoms with van der Waals surface area (Å²) >= 11 is 3.25. The molecule has 6 heteroatoms. The zero-order chi connectivity index (χ0) is 12.6. The molecule has 18 heavy (non-hydrogen) atoms. The van der Waals surface area contributed by atoms with Gasteiger partial charge in [-0.1, -0.05) is 0 Å². The minimum absolute atomic E-state index is 0.114. The normalized spacial score (nSPS) is 39.2. The quantitative estimate of drug-likeness (QED) is 0.841. The van der Waals surface area contributed by atoms with Crippen molar-refractivity contribution in [2.75, 3.05) is 18.3 Å².